The predicted octanol–water partition coefficient (Wildman–Crippen LogP) is 12.1. The van der Waals surface area contributed by atoms with Crippen LogP contribution in [0, 0.1) is 17.3 Å². The average molecular weight is 597 g/mol. The number of fused-ring (bicyclic) bond motifs is 5. The fraction of sp³-hybridized carbons (Fsp3) is 0.182. The Morgan fingerprint density at radius 1 is 0.717 bits per heavy atom. The summed E-state index contributed by atoms with van der Waals surface area (Å²) in [6, 6.07) is 43.7. The number of hydrogen-bond donors (Lipinski definition) is 0. The van der Waals surface area contributed by atoms with Crippen molar-refractivity contribution >= 4 is 49.7 Å². The lowest BCUT2D eigenvalue weighted by Crippen LogP contribution is -2.25. The number of hydrogen-bond acceptors (Lipinski definition) is 1. The van der Waals surface area contributed by atoms with E-state index in [1.54, 1.807) is 0 Å². The summed E-state index contributed by atoms with van der Waals surface area (Å²) in [7, 11) is 0. The SMILES string of the molecule is C/C(=C\C=C1\C2=CC=C(n3c4ccccc4c4ccccc43)CC2C(C)(C)C1C)N(c1ccccc1)c1cccc2ccccc12. The van der Waals surface area contributed by atoms with E-state index in [-0.39, 0.29) is 5.41 Å². The molecule has 0 amide bonds. The number of benzene rings is 5. The highest BCUT2D eigenvalue weighted by Crippen LogP contribution is 2.57. The van der Waals surface area contributed by atoms with Crippen molar-refractivity contribution in [3.05, 3.63) is 162 Å². The maximum absolute atomic E-state index is 2.51. The quantitative estimate of drug-likeness (QED) is 0.192. The maximum atomic E-state index is 2.51. The molecule has 0 radical (unpaired) electrons. The van der Waals surface area contributed by atoms with E-state index in [9.17, 15) is 0 Å². The molecular weight excluding hydrogens is 556 g/mol. The molecule has 2 aliphatic carbocycles. The van der Waals surface area contributed by atoms with E-state index in [2.05, 4.69) is 183 Å². The number of aromatic nitrogens is 1. The van der Waals surface area contributed by atoms with Gasteiger partial charge in [0.25, 0.3) is 0 Å². The van der Waals surface area contributed by atoms with Crippen molar-refractivity contribution in [2.45, 2.75) is 34.1 Å². The van der Waals surface area contributed by atoms with Gasteiger partial charge in [-0.2, -0.15) is 0 Å². The number of allylic oxidation sites excluding steroid dienone is 8. The van der Waals surface area contributed by atoms with Crippen LogP contribution in [0.25, 0.3) is 38.3 Å². The van der Waals surface area contributed by atoms with E-state index in [0.717, 1.165) is 6.42 Å². The summed E-state index contributed by atoms with van der Waals surface area (Å²) in [4.78, 5) is 2.40. The van der Waals surface area contributed by atoms with E-state index in [1.165, 1.54) is 66.5 Å². The molecule has 2 unspecified atom stereocenters. The lowest BCUT2D eigenvalue weighted by Gasteiger charge is -2.33. The topological polar surface area (TPSA) is 8.17 Å². The molecule has 6 aromatic rings. The number of nitrogens with zero attached hydrogens (tertiary/aromatic N) is 2. The largest absolute Gasteiger partial charge is 0.314 e. The third kappa shape index (κ3) is 4.47. The summed E-state index contributed by atoms with van der Waals surface area (Å²) in [5.41, 5.74) is 10.6. The minimum Gasteiger partial charge on any atom is -0.314 e. The fourth-order valence-corrected chi connectivity index (χ4v) is 8.04. The summed E-state index contributed by atoms with van der Waals surface area (Å²) in [6.45, 7) is 9.60. The van der Waals surface area contributed by atoms with Crippen molar-refractivity contribution in [2.75, 3.05) is 4.90 Å². The molecular formula is C44H40N2. The van der Waals surface area contributed by atoms with Crippen LogP contribution in [0.2, 0.25) is 0 Å². The van der Waals surface area contributed by atoms with E-state index in [4.69, 9.17) is 0 Å². The summed E-state index contributed by atoms with van der Waals surface area (Å²) in [5.74, 6) is 0.882. The third-order valence-corrected chi connectivity index (χ3v) is 10.8. The zero-order chi connectivity index (χ0) is 31.4. The number of rotatable bonds is 5. The third-order valence-electron chi connectivity index (χ3n) is 10.8. The molecule has 1 heterocycles. The van der Waals surface area contributed by atoms with Crippen molar-refractivity contribution in [1.29, 1.82) is 0 Å². The van der Waals surface area contributed by atoms with Crippen molar-refractivity contribution in [3.63, 3.8) is 0 Å². The molecule has 226 valence electrons. The first-order chi connectivity index (χ1) is 22.4. The van der Waals surface area contributed by atoms with Gasteiger partial charge in [-0.15, -0.1) is 0 Å². The van der Waals surface area contributed by atoms with Gasteiger partial charge < -0.3 is 9.47 Å². The molecule has 1 fully saturated rings. The Kier molecular flexibility index (Phi) is 6.83. The highest BCUT2D eigenvalue weighted by molar-refractivity contribution is 6.10. The van der Waals surface area contributed by atoms with Crippen molar-refractivity contribution in [2.24, 2.45) is 17.3 Å². The zero-order valence-electron chi connectivity index (χ0n) is 27.1. The molecule has 0 saturated heterocycles. The Labute approximate surface area is 272 Å². The summed E-state index contributed by atoms with van der Waals surface area (Å²) < 4.78 is 2.51. The molecule has 0 aliphatic heterocycles. The van der Waals surface area contributed by atoms with Crippen molar-refractivity contribution < 1.29 is 0 Å². The van der Waals surface area contributed by atoms with Crippen LogP contribution < -0.4 is 4.90 Å². The Balaban J connectivity index is 1.23. The van der Waals surface area contributed by atoms with E-state index < -0.39 is 0 Å². The minimum absolute atomic E-state index is 0.131. The van der Waals surface area contributed by atoms with Gasteiger partial charge in [0.1, 0.15) is 0 Å². The molecule has 5 aromatic carbocycles. The predicted molar refractivity (Wildman–Crippen MR) is 197 cm³/mol. The molecule has 1 saturated carbocycles. The fourth-order valence-electron chi connectivity index (χ4n) is 8.04. The molecule has 0 bridgehead atoms. The summed E-state index contributed by atoms with van der Waals surface area (Å²) >= 11 is 0. The Bertz CT molecular complexity index is 2180. The maximum Gasteiger partial charge on any atom is 0.0537 e. The second-order valence-corrected chi connectivity index (χ2v) is 13.5. The zero-order valence-corrected chi connectivity index (χ0v) is 27.1. The van der Waals surface area contributed by atoms with Gasteiger partial charge in [-0.05, 0) is 89.6 Å². The molecule has 0 spiro atoms. The van der Waals surface area contributed by atoms with Gasteiger partial charge in [-0.25, -0.2) is 0 Å². The van der Waals surface area contributed by atoms with Crippen LogP contribution in [-0.4, -0.2) is 4.57 Å². The van der Waals surface area contributed by atoms with Crippen molar-refractivity contribution in [1.82, 2.24) is 4.57 Å². The summed E-state index contributed by atoms with van der Waals surface area (Å²) in [5, 5.41) is 5.15. The molecule has 2 atom stereocenters. The van der Waals surface area contributed by atoms with Gasteiger partial charge in [0.05, 0.1) is 16.7 Å². The first-order valence-electron chi connectivity index (χ1n) is 16.5. The van der Waals surface area contributed by atoms with Crippen LogP contribution in [0.15, 0.2) is 162 Å². The van der Waals surface area contributed by atoms with E-state index >= 15 is 0 Å². The smallest absolute Gasteiger partial charge is 0.0537 e. The lowest BCUT2D eigenvalue weighted by molar-refractivity contribution is 0.221. The van der Waals surface area contributed by atoms with Gasteiger partial charge in [-0.3, -0.25) is 0 Å². The molecule has 2 heteroatoms. The lowest BCUT2D eigenvalue weighted by atomic mass is 9.73. The second-order valence-electron chi connectivity index (χ2n) is 13.5. The first kappa shape index (κ1) is 28.4. The number of para-hydroxylation sites is 3. The minimum atomic E-state index is 0.131. The van der Waals surface area contributed by atoms with Crippen molar-refractivity contribution in [3.8, 4) is 0 Å². The van der Waals surface area contributed by atoms with E-state index in [1.807, 2.05) is 0 Å². The van der Waals surface area contributed by atoms with Crippen LogP contribution in [0.5, 0.6) is 0 Å². The van der Waals surface area contributed by atoms with Crippen LogP contribution in [-0.2, 0) is 0 Å². The van der Waals surface area contributed by atoms with Crippen LogP contribution >= 0.6 is 0 Å². The molecule has 2 nitrogen and oxygen atoms in total. The highest BCUT2D eigenvalue weighted by Gasteiger charge is 2.47. The molecule has 0 N–H and O–H groups in total. The van der Waals surface area contributed by atoms with E-state index in [0.29, 0.717) is 11.8 Å². The monoisotopic (exact) mass is 596 g/mol. The Hall–Kier alpha value is -5.08. The second kappa shape index (κ2) is 11.1. The normalized spacial score (nSPS) is 20.3. The van der Waals surface area contributed by atoms with Gasteiger partial charge in [0.2, 0.25) is 0 Å². The highest BCUT2D eigenvalue weighted by atomic mass is 15.1. The average Bonchev–Trinajstić information content (AvgIpc) is 3.52. The Morgan fingerprint density at radius 2 is 1.33 bits per heavy atom. The van der Waals surface area contributed by atoms with Crippen LogP contribution in [0.4, 0.5) is 11.4 Å². The molecule has 1 aromatic heterocycles. The molecule has 2 aliphatic rings. The van der Waals surface area contributed by atoms with Crippen LogP contribution in [0.3, 0.4) is 0 Å². The summed E-state index contributed by atoms with van der Waals surface area (Å²) in [6.07, 6.45) is 10.6. The number of anilines is 2. The van der Waals surface area contributed by atoms with Crippen LogP contribution in [0.1, 0.15) is 34.1 Å². The Morgan fingerprint density at radius 3 is 2.04 bits per heavy atom. The molecule has 8 rings (SSSR count). The molecule has 46 heavy (non-hydrogen) atoms. The first-order valence-corrected chi connectivity index (χ1v) is 16.5. The van der Waals surface area contributed by atoms with Gasteiger partial charge in [-0.1, -0.05) is 124 Å². The van der Waals surface area contributed by atoms with Gasteiger partial charge in [0, 0.05) is 33.2 Å². The van der Waals surface area contributed by atoms with Gasteiger partial charge >= 0.3 is 0 Å². The standard InChI is InChI=1S/C44H40N2/c1-30(45(33-17-6-5-7-18-33)41-24-14-16-32-15-8-9-19-36(32)41)25-27-35-31(2)44(3,4)40-29-34(26-28-37(35)40)46-42-22-12-10-20-38(42)39-21-11-13-23-43(39)46/h5-28,31,40H,29H2,1-4H3/b30-25+,35-27+. The van der Waals surface area contributed by atoms with Gasteiger partial charge in [0.15, 0.2) is 0 Å².